The van der Waals surface area contributed by atoms with Gasteiger partial charge in [-0.3, -0.25) is 4.57 Å². The molecule has 0 fully saturated rings. The van der Waals surface area contributed by atoms with E-state index in [1.807, 2.05) is 18.2 Å². The lowest BCUT2D eigenvalue weighted by Crippen LogP contribution is -2.10. The number of pyridine rings is 1. The van der Waals surface area contributed by atoms with Crippen LogP contribution in [0.2, 0.25) is 5.02 Å². The molecule has 5 rings (SSSR count). The summed E-state index contributed by atoms with van der Waals surface area (Å²) < 4.78 is 29.5. The molecular weight excluding hydrogens is 462 g/mol. The molecular formula is C25H15ClF2N4S. The number of para-hydroxylation sites is 1. The molecule has 5 aromatic rings. The van der Waals surface area contributed by atoms with Gasteiger partial charge in [-0.05, 0) is 77.9 Å². The molecule has 162 valence electrons. The third-order valence-corrected chi connectivity index (χ3v) is 5.80. The average molecular weight is 477 g/mol. The number of rotatable bonds is 3. The first-order valence-corrected chi connectivity index (χ1v) is 10.7. The summed E-state index contributed by atoms with van der Waals surface area (Å²) in [5, 5.41) is 1.09. The van der Waals surface area contributed by atoms with E-state index in [0.29, 0.717) is 32.9 Å². The Bertz CT molecular complexity index is 1570. The van der Waals surface area contributed by atoms with Crippen molar-refractivity contribution in [1.82, 2.24) is 14.5 Å². The van der Waals surface area contributed by atoms with Crippen LogP contribution < -0.4 is 5.73 Å². The van der Waals surface area contributed by atoms with E-state index in [-0.39, 0.29) is 22.1 Å². The lowest BCUT2D eigenvalue weighted by atomic mass is 9.99. The van der Waals surface area contributed by atoms with Gasteiger partial charge >= 0.3 is 0 Å². The van der Waals surface area contributed by atoms with E-state index in [1.165, 1.54) is 22.8 Å². The van der Waals surface area contributed by atoms with E-state index < -0.39 is 5.82 Å². The first kappa shape index (κ1) is 21.2. The topological polar surface area (TPSA) is 56.7 Å². The number of halogens is 3. The van der Waals surface area contributed by atoms with Crippen molar-refractivity contribution in [2.45, 2.75) is 0 Å². The zero-order valence-corrected chi connectivity index (χ0v) is 18.5. The monoisotopic (exact) mass is 476 g/mol. The van der Waals surface area contributed by atoms with Gasteiger partial charge in [0.1, 0.15) is 17.5 Å². The van der Waals surface area contributed by atoms with Crippen LogP contribution in [-0.4, -0.2) is 14.5 Å². The highest BCUT2D eigenvalue weighted by Gasteiger charge is 2.18. The number of aromatic nitrogens is 3. The summed E-state index contributed by atoms with van der Waals surface area (Å²) in [6.07, 6.45) is 0. The average Bonchev–Trinajstić information content (AvgIpc) is 2.80. The number of anilines is 1. The van der Waals surface area contributed by atoms with Crippen molar-refractivity contribution in [3.63, 3.8) is 0 Å². The fraction of sp³-hybridized carbons (Fsp3) is 0. The molecule has 4 nitrogen and oxygen atoms in total. The predicted molar refractivity (Wildman–Crippen MR) is 130 cm³/mol. The fourth-order valence-corrected chi connectivity index (χ4v) is 4.12. The second-order valence-corrected chi connectivity index (χ2v) is 8.14. The van der Waals surface area contributed by atoms with Crippen molar-refractivity contribution in [1.29, 1.82) is 0 Å². The number of nitrogen functional groups attached to an aromatic ring is 1. The minimum absolute atomic E-state index is 0.0657. The maximum absolute atomic E-state index is 14.6. The van der Waals surface area contributed by atoms with E-state index >= 15 is 0 Å². The highest BCUT2D eigenvalue weighted by Crippen LogP contribution is 2.36. The van der Waals surface area contributed by atoms with Crippen molar-refractivity contribution in [3.8, 4) is 28.1 Å². The Balaban J connectivity index is 1.87. The van der Waals surface area contributed by atoms with Crippen LogP contribution in [0.4, 0.5) is 14.6 Å². The van der Waals surface area contributed by atoms with Crippen LogP contribution in [0.1, 0.15) is 0 Å². The maximum Gasteiger partial charge on any atom is 0.207 e. The SMILES string of the molecule is Nc1c2c(-c3ccc(Cl)cc3)cc(-c3ccc(F)cc3)nc2nc(=S)n1-c1ccccc1F. The molecule has 2 heterocycles. The van der Waals surface area contributed by atoms with Crippen molar-refractivity contribution in [2.24, 2.45) is 0 Å². The summed E-state index contributed by atoms with van der Waals surface area (Å²) in [5.41, 5.74) is 9.85. The Kier molecular flexibility index (Phi) is 5.36. The van der Waals surface area contributed by atoms with Gasteiger partial charge in [0.05, 0.1) is 16.8 Å². The molecule has 0 bridgehead atoms. The van der Waals surface area contributed by atoms with Crippen molar-refractivity contribution in [3.05, 3.63) is 100 Å². The Morgan fingerprint density at radius 2 is 1.52 bits per heavy atom. The molecule has 0 aliphatic rings. The van der Waals surface area contributed by atoms with E-state index in [2.05, 4.69) is 9.97 Å². The highest BCUT2D eigenvalue weighted by atomic mass is 35.5. The molecule has 0 saturated carbocycles. The van der Waals surface area contributed by atoms with Gasteiger partial charge in [0.2, 0.25) is 4.77 Å². The number of nitrogens with zero attached hydrogens (tertiary/aromatic N) is 3. The van der Waals surface area contributed by atoms with Gasteiger partial charge in [-0.15, -0.1) is 0 Å². The van der Waals surface area contributed by atoms with Gasteiger partial charge in [0, 0.05) is 10.6 Å². The molecule has 0 unspecified atom stereocenters. The minimum Gasteiger partial charge on any atom is -0.384 e. The first-order chi connectivity index (χ1) is 15.9. The van der Waals surface area contributed by atoms with E-state index in [9.17, 15) is 8.78 Å². The molecule has 3 aromatic carbocycles. The zero-order chi connectivity index (χ0) is 23.1. The maximum atomic E-state index is 14.6. The highest BCUT2D eigenvalue weighted by molar-refractivity contribution is 7.71. The molecule has 0 amide bonds. The number of benzene rings is 3. The Hall–Kier alpha value is -3.68. The molecule has 0 spiro atoms. The van der Waals surface area contributed by atoms with Gasteiger partial charge in [0.25, 0.3) is 0 Å². The first-order valence-electron chi connectivity index (χ1n) is 9.92. The summed E-state index contributed by atoms with van der Waals surface area (Å²) in [7, 11) is 0. The number of nitrogens with two attached hydrogens (primary N) is 1. The fourth-order valence-electron chi connectivity index (χ4n) is 3.71. The second kappa shape index (κ2) is 8.35. The van der Waals surface area contributed by atoms with Crippen LogP contribution >= 0.6 is 23.8 Å². The Morgan fingerprint density at radius 3 is 2.21 bits per heavy atom. The third kappa shape index (κ3) is 3.86. The van der Waals surface area contributed by atoms with Crippen LogP contribution in [0.15, 0.2) is 78.9 Å². The summed E-state index contributed by atoms with van der Waals surface area (Å²) in [6, 6.07) is 21.2. The summed E-state index contributed by atoms with van der Waals surface area (Å²) >= 11 is 11.6. The minimum atomic E-state index is -0.481. The number of hydrogen-bond donors (Lipinski definition) is 1. The van der Waals surface area contributed by atoms with Crippen molar-refractivity contribution < 1.29 is 8.78 Å². The van der Waals surface area contributed by atoms with E-state index in [1.54, 1.807) is 42.5 Å². The Labute approximate surface area is 197 Å². The molecule has 8 heteroatoms. The quantitative estimate of drug-likeness (QED) is 0.285. The van der Waals surface area contributed by atoms with Crippen LogP contribution in [0.3, 0.4) is 0 Å². The Morgan fingerprint density at radius 1 is 0.848 bits per heavy atom. The summed E-state index contributed by atoms with van der Waals surface area (Å²) in [5.74, 6) is -0.623. The van der Waals surface area contributed by atoms with Crippen molar-refractivity contribution in [2.75, 3.05) is 5.73 Å². The molecule has 2 aromatic heterocycles. The lowest BCUT2D eigenvalue weighted by molar-refractivity contribution is 0.617. The largest absolute Gasteiger partial charge is 0.384 e. The predicted octanol–water partition coefficient (Wildman–Crippen LogP) is 7.00. The van der Waals surface area contributed by atoms with Gasteiger partial charge in [-0.25, -0.2) is 13.8 Å². The summed E-state index contributed by atoms with van der Waals surface area (Å²) in [4.78, 5) is 9.13. The van der Waals surface area contributed by atoms with Crippen LogP contribution in [0.25, 0.3) is 39.1 Å². The van der Waals surface area contributed by atoms with E-state index in [4.69, 9.17) is 29.6 Å². The van der Waals surface area contributed by atoms with E-state index in [0.717, 1.165) is 5.56 Å². The number of hydrogen-bond acceptors (Lipinski definition) is 4. The third-order valence-electron chi connectivity index (χ3n) is 5.28. The van der Waals surface area contributed by atoms with Gasteiger partial charge in [0.15, 0.2) is 5.65 Å². The second-order valence-electron chi connectivity index (χ2n) is 7.33. The molecule has 33 heavy (non-hydrogen) atoms. The molecule has 0 radical (unpaired) electrons. The summed E-state index contributed by atoms with van der Waals surface area (Å²) in [6.45, 7) is 0. The van der Waals surface area contributed by atoms with Gasteiger partial charge in [-0.2, -0.15) is 4.98 Å². The normalized spacial score (nSPS) is 11.1. The molecule has 0 aliphatic heterocycles. The van der Waals surface area contributed by atoms with Crippen molar-refractivity contribution >= 4 is 40.7 Å². The van der Waals surface area contributed by atoms with Gasteiger partial charge in [-0.1, -0.05) is 35.9 Å². The standard InChI is InChI=1S/C25H15ClF2N4S/c26-16-9-5-14(6-10-16)18-13-20(15-7-11-17(27)12-8-15)30-24-22(18)23(29)32(25(33)31-24)21-4-2-1-3-19(21)28/h1-13H,29H2. The molecule has 0 saturated heterocycles. The zero-order valence-electron chi connectivity index (χ0n) is 17.0. The lowest BCUT2D eigenvalue weighted by Gasteiger charge is -2.17. The van der Waals surface area contributed by atoms with Gasteiger partial charge < -0.3 is 5.73 Å². The number of fused-ring (bicyclic) bond motifs is 1. The molecule has 2 N–H and O–H groups in total. The van der Waals surface area contributed by atoms with Crippen LogP contribution in [0, 0.1) is 16.4 Å². The van der Waals surface area contributed by atoms with Crippen LogP contribution in [0.5, 0.6) is 0 Å². The molecule has 0 aliphatic carbocycles. The van der Waals surface area contributed by atoms with Crippen LogP contribution in [-0.2, 0) is 0 Å². The smallest absolute Gasteiger partial charge is 0.207 e. The molecule has 0 atom stereocenters.